The van der Waals surface area contributed by atoms with Crippen molar-refractivity contribution < 1.29 is 26.7 Å². The fourth-order valence-corrected chi connectivity index (χ4v) is 7.55. The molecule has 0 saturated carbocycles. The smallest absolute Gasteiger partial charge is 0.387 e. The van der Waals surface area contributed by atoms with E-state index >= 15 is 0 Å². The van der Waals surface area contributed by atoms with E-state index in [-0.39, 0.29) is 16.7 Å². The molecule has 2 aliphatic rings. The monoisotopic (exact) mass is 551 g/mol. The fraction of sp³-hybridized carbons (Fsp3) is 0.500. The molecule has 0 N–H and O–H groups in total. The van der Waals surface area contributed by atoms with Crippen LogP contribution in [-0.2, 0) is 27.1 Å². The van der Waals surface area contributed by atoms with Gasteiger partial charge in [0.15, 0.2) is 5.16 Å². The van der Waals surface area contributed by atoms with Gasteiger partial charge in [-0.05, 0) is 67.5 Å². The van der Waals surface area contributed by atoms with Crippen molar-refractivity contribution in [3.8, 4) is 5.75 Å². The van der Waals surface area contributed by atoms with Crippen LogP contribution in [0.4, 0.5) is 8.78 Å². The summed E-state index contributed by atoms with van der Waals surface area (Å²) in [5.74, 6) is 1.03. The van der Waals surface area contributed by atoms with Crippen LogP contribution >= 0.6 is 11.8 Å². The Morgan fingerprint density at radius 3 is 2.68 bits per heavy atom. The minimum atomic E-state index is -3.59. The topological polar surface area (TPSA) is 73.7 Å². The highest BCUT2D eigenvalue weighted by atomic mass is 32.2. The van der Waals surface area contributed by atoms with Crippen molar-refractivity contribution in [1.29, 1.82) is 0 Å². The van der Waals surface area contributed by atoms with Crippen LogP contribution in [0, 0.1) is 5.92 Å². The van der Waals surface area contributed by atoms with Crippen molar-refractivity contribution in [3.05, 3.63) is 48.0 Å². The Balaban J connectivity index is 1.41. The average Bonchev–Trinajstić information content (AvgIpc) is 3.51. The van der Waals surface area contributed by atoms with Gasteiger partial charge in [-0.3, -0.25) is 0 Å². The molecule has 200 valence electrons. The van der Waals surface area contributed by atoms with Crippen molar-refractivity contribution in [2.75, 3.05) is 19.7 Å². The predicted octanol–water partition coefficient (Wildman–Crippen LogP) is 5.53. The minimum absolute atomic E-state index is 0.0841. The number of hydrogen-bond donors (Lipinski definition) is 0. The fourth-order valence-electron chi connectivity index (χ4n) is 4.96. The first-order valence-electron chi connectivity index (χ1n) is 12.6. The number of aromatic nitrogens is 2. The second-order valence-corrected chi connectivity index (χ2v) is 12.6. The normalized spacial score (nSPS) is 21.2. The van der Waals surface area contributed by atoms with Crippen LogP contribution in [-0.4, -0.2) is 54.7 Å². The van der Waals surface area contributed by atoms with Gasteiger partial charge in [-0.1, -0.05) is 30.8 Å². The van der Waals surface area contributed by atoms with Gasteiger partial charge in [0.25, 0.3) is 0 Å². The van der Waals surface area contributed by atoms with Gasteiger partial charge in [0.2, 0.25) is 10.0 Å². The van der Waals surface area contributed by atoms with Crippen molar-refractivity contribution in [2.24, 2.45) is 5.92 Å². The number of sulfonamides is 1. The number of benzene rings is 2. The lowest BCUT2D eigenvalue weighted by Crippen LogP contribution is -2.39. The number of thioether (sulfide) groups is 1. The molecule has 0 bridgehead atoms. The number of alkyl halides is 2. The van der Waals surface area contributed by atoms with Gasteiger partial charge in [0.1, 0.15) is 5.75 Å². The van der Waals surface area contributed by atoms with Crippen LogP contribution in [0.15, 0.2) is 52.5 Å². The third-order valence-corrected chi connectivity index (χ3v) is 9.78. The van der Waals surface area contributed by atoms with Gasteiger partial charge in [-0.25, -0.2) is 13.4 Å². The number of piperidine rings is 1. The van der Waals surface area contributed by atoms with E-state index in [1.165, 1.54) is 23.9 Å². The molecule has 7 nitrogen and oxygen atoms in total. The molecular weight excluding hydrogens is 520 g/mol. The molecule has 0 amide bonds. The standard InChI is InChI=1S/C26H31F2N3O4S2/c1-18-4-2-12-30(15-18)37(32,33)22-10-11-24-23(14-22)29-26(31(24)16-21-5-3-13-34-21)36-17-19-6-8-20(9-7-19)35-25(27)28/h6-11,14,18,21,25H,2-5,12-13,15-17H2,1H3/t18-,21+/m1/s1. The van der Waals surface area contributed by atoms with E-state index in [4.69, 9.17) is 9.72 Å². The molecule has 0 unspecified atom stereocenters. The van der Waals surface area contributed by atoms with Crippen molar-refractivity contribution in [1.82, 2.24) is 13.9 Å². The van der Waals surface area contributed by atoms with Crippen LogP contribution in [0.1, 0.15) is 38.2 Å². The zero-order chi connectivity index (χ0) is 26.0. The Labute approximate surface area is 220 Å². The zero-order valence-electron chi connectivity index (χ0n) is 20.7. The Hall–Kier alpha value is -2.21. The molecule has 5 rings (SSSR count). The summed E-state index contributed by atoms with van der Waals surface area (Å²) in [5, 5.41) is 0.763. The maximum absolute atomic E-state index is 13.4. The lowest BCUT2D eigenvalue weighted by atomic mass is 10.0. The summed E-state index contributed by atoms with van der Waals surface area (Å²) >= 11 is 1.52. The van der Waals surface area contributed by atoms with Gasteiger partial charge >= 0.3 is 6.61 Å². The highest BCUT2D eigenvalue weighted by Crippen LogP contribution is 2.32. The first kappa shape index (κ1) is 26.4. The largest absolute Gasteiger partial charge is 0.435 e. The van der Waals surface area contributed by atoms with E-state index < -0.39 is 16.6 Å². The molecular formula is C26H31F2N3O4S2. The van der Waals surface area contributed by atoms with E-state index in [0.717, 1.165) is 48.5 Å². The average molecular weight is 552 g/mol. The number of fused-ring (bicyclic) bond motifs is 1. The molecule has 37 heavy (non-hydrogen) atoms. The molecule has 0 spiro atoms. The molecule has 0 radical (unpaired) electrons. The molecule has 2 saturated heterocycles. The molecule has 1 aromatic heterocycles. The number of rotatable bonds is 9. The molecule has 3 aromatic rings. The number of halogens is 2. The van der Waals surface area contributed by atoms with Crippen LogP contribution in [0.3, 0.4) is 0 Å². The highest BCUT2D eigenvalue weighted by Gasteiger charge is 2.29. The third-order valence-electron chi connectivity index (χ3n) is 6.87. The first-order chi connectivity index (χ1) is 17.8. The van der Waals surface area contributed by atoms with Gasteiger partial charge in [0, 0.05) is 25.4 Å². The minimum Gasteiger partial charge on any atom is -0.435 e. The number of imidazole rings is 1. The van der Waals surface area contributed by atoms with E-state index in [2.05, 4.69) is 16.2 Å². The lowest BCUT2D eigenvalue weighted by Gasteiger charge is -2.30. The molecule has 2 fully saturated rings. The Bertz CT molecular complexity index is 1330. The molecule has 2 atom stereocenters. The number of ether oxygens (including phenoxy) is 2. The summed E-state index contributed by atoms with van der Waals surface area (Å²) < 4.78 is 65.6. The molecule has 2 aromatic carbocycles. The maximum Gasteiger partial charge on any atom is 0.387 e. The Kier molecular flexibility index (Phi) is 8.04. The highest BCUT2D eigenvalue weighted by molar-refractivity contribution is 7.98. The Morgan fingerprint density at radius 2 is 1.97 bits per heavy atom. The van der Waals surface area contributed by atoms with Crippen molar-refractivity contribution in [2.45, 2.75) is 67.7 Å². The first-order valence-corrected chi connectivity index (χ1v) is 15.0. The van der Waals surface area contributed by atoms with E-state index in [1.54, 1.807) is 28.6 Å². The summed E-state index contributed by atoms with van der Waals surface area (Å²) in [6.45, 7) is 1.68. The zero-order valence-corrected chi connectivity index (χ0v) is 22.3. The maximum atomic E-state index is 13.4. The van der Waals surface area contributed by atoms with Crippen LogP contribution in [0.25, 0.3) is 11.0 Å². The number of hydrogen-bond acceptors (Lipinski definition) is 6. The summed E-state index contributed by atoms with van der Waals surface area (Å²) in [4.78, 5) is 5.09. The summed E-state index contributed by atoms with van der Waals surface area (Å²) in [6, 6.07) is 11.8. The molecule has 0 aliphatic carbocycles. The van der Waals surface area contributed by atoms with E-state index in [1.807, 2.05) is 6.07 Å². The van der Waals surface area contributed by atoms with Crippen LogP contribution in [0.2, 0.25) is 0 Å². The van der Waals surface area contributed by atoms with Crippen LogP contribution < -0.4 is 4.74 Å². The molecule has 11 heteroatoms. The van der Waals surface area contributed by atoms with E-state index in [0.29, 0.717) is 36.8 Å². The molecule has 2 aliphatic heterocycles. The van der Waals surface area contributed by atoms with Gasteiger partial charge < -0.3 is 14.0 Å². The second kappa shape index (κ2) is 11.3. The summed E-state index contributed by atoms with van der Waals surface area (Å²) in [5.41, 5.74) is 2.43. The summed E-state index contributed by atoms with van der Waals surface area (Å²) in [6.07, 6.45) is 3.98. The van der Waals surface area contributed by atoms with Gasteiger partial charge in [-0.2, -0.15) is 13.1 Å². The second-order valence-electron chi connectivity index (χ2n) is 9.71. The van der Waals surface area contributed by atoms with E-state index in [9.17, 15) is 17.2 Å². The number of nitrogens with zero attached hydrogens (tertiary/aromatic N) is 3. The van der Waals surface area contributed by atoms with Gasteiger partial charge in [-0.15, -0.1) is 0 Å². The molecule has 3 heterocycles. The van der Waals surface area contributed by atoms with Gasteiger partial charge in [0.05, 0.1) is 28.6 Å². The SMILES string of the molecule is C[C@@H]1CCCN(S(=O)(=O)c2ccc3c(c2)nc(SCc2ccc(OC(F)F)cc2)n3C[C@@H]2CCCO2)C1. The van der Waals surface area contributed by atoms with Crippen LogP contribution in [0.5, 0.6) is 5.75 Å². The Morgan fingerprint density at radius 1 is 1.16 bits per heavy atom. The summed E-state index contributed by atoms with van der Waals surface area (Å²) in [7, 11) is -3.59. The third kappa shape index (κ3) is 6.10. The predicted molar refractivity (Wildman–Crippen MR) is 138 cm³/mol. The quantitative estimate of drug-likeness (QED) is 0.326. The lowest BCUT2D eigenvalue weighted by molar-refractivity contribution is -0.0498. The van der Waals surface area contributed by atoms with Crippen molar-refractivity contribution in [3.63, 3.8) is 0 Å². The van der Waals surface area contributed by atoms with Crippen molar-refractivity contribution >= 4 is 32.8 Å².